The summed E-state index contributed by atoms with van der Waals surface area (Å²) in [6.07, 6.45) is 0. The summed E-state index contributed by atoms with van der Waals surface area (Å²) < 4.78 is 23.4. The Morgan fingerprint density at radius 2 is 0.625 bits per heavy atom. The molecule has 0 saturated carbocycles. The molecule has 0 bridgehead atoms. The zero-order valence-corrected chi connectivity index (χ0v) is 48.6. The van der Waals surface area contributed by atoms with Crippen molar-refractivity contribution in [3.05, 3.63) is 284 Å². The highest BCUT2D eigenvalue weighted by atomic mass is 16.3. The Hall–Kier alpha value is -11.3. The number of aryl methyl sites for hydroxylation is 3. The molecule has 412 valence electrons. The lowest BCUT2D eigenvalue weighted by molar-refractivity contribution is 0.668. The molecule has 6 aromatic heterocycles. The minimum absolute atomic E-state index is 0.115. The minimum Gasteiger partial charge on any atom is -0.456 e. The van der Waals surface area contributed by atoms with Gasteiger partial charge in [0.25, 0.3) is 0 Å². The fourth-order valence-corrected chi connectivity index (χ4v) is 15.6. The third-order valence-electron chi connectivity index (χ3n) is 19.1. The van der Waals surface area contributed by atoms with Gasteiger partial charge in [0.15, 0.2) is 0 Å². The number of para-hydroxylation sites is 6. The lowest BCUT2D eigenvalue weighted by Gasteiger charge is -2.21. The van der Waals surface area contributed by atoms with Gasteiger partial charge in [-0.1, -0.05) is 191 Å². The van der Waals surface area contributed by atoms with Gasteiger partial charge in [0.1, 0.15) is 22.3 Å². The van der Waals surface area contributed by atoms with E-state index in [4.69, 9.17) is 8.83 Å². The molecule has 0 radical (unpaired) electrons. The topological polar surface area (TPSA) is 46.0 Å². The summed E-state index contributed by atoms with van der Waals surface area (Å²) in [5, 5.41) is 14.1. The first kappa shape index (κ1) is 49.0. The number of furan rings is 2. The second kappa shape index (κ2) is 18.4. The average molecular weight is 1130 g/mol. The molecule has 19 aromatic rings. The van der Waals surface area contributed by atoms with Gasteiger partial charge in [-0.3, -0.25) is 0 Å². The summed E-state index contributed by atoms with van der Waals surface area (Å²) in [6, 6.07) is 98.1. The molecule has 0 spiro atoms. The van der Waals surface area contributed by atoms with E-state index < -0.39 is 0 Å². The zero-order chi connectivity index (χ0) is 58.0. The van der Waals surface area contributed by atoms with Crippen LogP contribution in [0.5, 0.6) is 0 Å². The average Bonchev–Trinajstić information content (AvgIpc) is 1.61. The van der Waals surface area contributed by atoms with Crippen LogP contribution in [0.25, 0.3) is 154 Å². The van der Waals surface area contributed by atoms with Gasteiger partial charge in [-0.05, 0) is 130 Å². The number of fused-ring (bicyclic) bond motifs is 20. The third-order valence-corrected chi connectivity index (χ3v) is 19.1. The van der Waals surface area contributed by atoms with Crippen LogP contribution in [0.4, 0.5) is 0 Å². The van der Waals surface area contributed by atoms with Crippen LogP contribution >= 0.6 is 0 Å². The molecule has 0 saturated heterocycles. The van der Waals surface area contributed by atoms with Crippen molar-refractivity contribution in [1.29, 1.82) is 0 Å². The minimum atomic E-state index is -0.115. The van der Waals surface area contributed by atoms with Crippen LogP contribution in [0.3, 0.4) is 0 Å². The maximum absolute atomic E-state index is 6.82. The molecule has 19 rings (SSSR count). The predicted octanol–water partition coefficient (Wildman–Crippen LogP) is 19.3. The monoisotopic (exact) mass is 1120 g/mol. The Bertz CT molecular complexity index is 5800. The van der Waals surface area contributed by atoms with Crippen LogP contribution in [0.2, 0.25) is 0 Å². The fourth-order valence-electron chi connectivity index (χ4n) is 15.6. The van der Waals surface area contributed by atoms with Crippen LogP contribution < -0.4 is 16.4 Å². The van der Waals surface area contributed by atoms with Crippen molar-refractivity contribution < 1.29 is 8.83 Å². The van der Waals surface area contributed by atoms with E-state index >= 15 is 0 Å². The molecule has 6 heterocycles. The molecule has 0 amide bonds. The lowest BCUT2D eigenvalue weighted by atomic mass is 9.35. The first-order valence-corrected chi connectivity index (χ1v) is 30.4. The Balaban J connectivity index is 0.805. The molecule has 0 fully saturated rings. The van der Waals surface area contributed by atoms with Crippen molar-refractivity contribution >= 4 is 154 Å². The number of hydrogen-bond acceptors (Lipinski definition) is 2. The quantitative estimate of drug-likeness (QED) is 0.149. The van der Waals surface area contributed by atoms with E-state index in [0.29, 0.717) is 0 Å². The standard InChI is InChI=1S/C81H53BN4O2/c1-48-42-49(2)79(50(3)43-48)82(51-30-38-73-63(44-51)65-46-55(32-40-75(65)87-73)85-67-26-14-10-22-57(67)59-34-36-71-77(80(59)85)61-24-12-16-28-69(61)83(71)53-18-6-4-7-19-53)52-31-39-74-64(45-52)66-47-56(33-41-76(66)88-74)86-68-27-15-11-23-58(68)60-35-37-72-78(81(60)86)62-25-13-17-29-70(62)84(72)54-20-8-5-9-21-54/h4-47H,1-3H3. The van der Waals surface area contributed by atoms with E-state index in [1.807, 2.05) is 0 Å². The highest BCUT2D eigenvalue weighted by molar-refractivity contribution is 6.96. The number of rotatable bonds is 7. The molecular formula is C81H53BN4O2. The van der Waals surface area contributed by atoms with Crippen molar-refractivity contribution in [2.75, 3.05) is 0 Å². The van der Waals surface area contributed by atoms with Gasteiger partial charge in [0, 0.05) is 87.4 Å². The lowest BCUT2D eigenvalue weighted by Crippen LogP contribution is -2.54. The van der Waals surface area contributed by atoms with Gasteiger partial charge in [-0.25, -0.2) is 0 Å². The van der Waals surface area contributed by atoms with Crippen LogP contribution in [-0.4, -0.2) is 25.0 Å². The van der Waals surface area contributed by atoms with Crippen molar-refractivity contribution in [2.45, 2.75) is 20.8 Å². The molecule has 0 atom stereocenters. The number of hydrogen-bond donors (Lipinski definition) is 0. The van der Waals surface area contributed by atoms with E-state index in [-0.39, 0.29) is 6.71 Å². The van der Waals surface area contributed by atoms with Gasteiger partial charge < -0.3 is 27.1 Å². The summed E-state index contributed by atoms with van der Waals surface area (Å²) in [4.78, 5) is 0. The van der Waals surface area contributed by atoms with Crippen molar-refractivity contribution in [1.82, 2.24) is 18.3 Å². The Labute approximate surface area is 505 Å². The normalized spacial score (nSPS) is 12.3. The first-order valence-electron chi connectivity index (χ1n) is 30.4. The summed E-state index contributed by atoms with van der Waals surface area (Å²) in [6.45, 7) is 6.64. The largest absolute Gasteiger partial charge is 0.456 e. The maximum atomic E-state index is 6.82. The van der Waals surface area contributed by atoms with E-state index in [9.17, 15) is 0 Å². The second-order valence-corrected chi connectivity index (χ2v) is 24.1. The number of benzene rings is 13. The second-order valence-electron chi connectivity index (χ2n) is 24.1. The van der Waals surface area contributed by atoms with E-state index in [1.165, 1.54) is 109 Å². The highest BCUT2D eigenvalue weighted by Gasteiger charge is 2.29. The first-order chi connectivity index (χ1) is 43.4. The van der Waals surface area contributed by atoms with Crippen LogP contribution in [0.1, 0.15) is 16.7 Å². The Morgan fingerprint density at radius 3 is 1.06 bits per heavy atom. The molecule has 0 unspecified atom stereocenters. The smallest absolute Gasteiger partial charge is 0.241 e. The SMILES string of the molecule is Cc1cc(C)c(B(c2ccc3oc4ccc(-n5c6ccccc6c6ccc7c(c8ccccc8n7-c7ccccc7)c65)cc4c3c2)c2ccc3oc4ccc(-n5c6ccccc6c6ccc7c(c8ccccc8n7-c7ccccc7)c65)cc4c3c2)c(C)c1. The highest BCUT2D eigenvalue weighted by Crippen LogP contribution is 2.45. The fraction of sp³-hybridized carbons (Fsp3) is 0.0370. The number of aromatic nitrogens is 4. The van der Waals surface area contributed by atoms with Gasteiger partial charge in [0.05, 0.1) is 44.1 Å². The summed E-state index contributed by atoms with van der Waals surface area (Å²) in [5.41, 5.74) is 24.8. The molecule has 6 nitrogen and oxygen atoms in total. The van der Waals surface area contributed by atoms with Crippen molar-refractivity contribution in [3.63, 3.8) is 0 Å². The predicted molar refractivity (Wildman–Crippen MR) is 370 cm³/mol. The summed E-state index contributed by atoms with van der Waals surface area (Å²) >= 11 is 0. The Kier molecular flexibility index (Phi) is 10.2. The summed E-state index contributed by atoms with van der Waals surface area (Å²) in [5.74, 6) is 0. The van der Waals surface area contributed by atoms with Crippen LogP contribution in [0, 0.1) is 20.8 Å². The molecule has 0 N–H and O–H groups in total. The Morgan fingerprint density at radius 1 is 0.261 bits per heavy atom. The van der Waals surface area contributed by atoms with E-state index in [2.05, 4.69) is 306 Å². The zero-order valence-electron chi connectivity index (χ0n) is 48.6. The molecule has 0 aliphatic carbocycles. The molecule has 0 aliphatic heterocycles. The molecular weight excluding hydrogens is 1070 g/mol. The van der Waals surface area contributed by atoms with E-state index in [0.717, 1.165) is 77.7 Å². The van der Waals surface area contributed by atoms with Gasteiger partial charge in [-0.15, -0.1) is 0 Å². The van der Waals surface area contributed by atoms with Crippen LogP contribution in [-0.2, 0) is 0 Å². The van der Waals surface area contributed by atoms with Gasteiger partial charge in [-0.2, -0.15) is 0 Å². The van der Waals surface area contributed by atoms with Crippen molar-refractivity contribution in [2.24, 2.45) is 0 Å². The molecule has 88 heavy (non-hydrogen) atoms. The maximum Gasteiger partial charge on any atom is 0.241 e. The van der Waals surface area contributed by atoms with Crippen LogP contribution in [0.15, 0.2) is 276 Å². The molecule has 13 aromatic carbocycles. The van der Waals surface area contributed by atoms with Crippen molar-refractivity contribution in [3.8, 4) is 22.7 Å². The molecule has 0 aliphatic rings. The van der Waals surface area contributed by atoms with Gasteiger partial charge >= 0.3 is 0 Å². The third kappa shape index (κ3) is 6.89. The van der Waals surface area contributed by atoms with E-state index in [1.54, 1.807) is 0 Å². The van der Waals surface area contributed by atoms with Gasteiger partial charge in [0.2, 0.25) is 6.71 Å². The molecule has 7 heteroatoms. The number of nitrogens with zero attached hydrogens (tertiary/aromatic N) is 4. The summed E-state index contributed by atoms with van der Waals surface area (Å²) in [7, 11) is 0.